The standard InChI is InChI=1S/C35H44N4O3/c1-7-41-24(6)32-33(27-15-13-26(14-16-27)31(21-40)42-23(4)5)38-35-29(20-37-39(35)34(32)22(2)3)28-17-18-30(36-19-28)25-11-9-8-10-12-25/h8-12,17-20,22-23,26-27,31,40H,6-7,13-16,21H2,1-5H3. The van der Waals surface area contributed by atoms with Crippen molar-refractivity contribution >= 4 is 11.4 Å². The molecule has 0 aliphatic heterocycles. The van der Waals surface area contributed by atoms with Crippen LogP contribution < -0.4 is 0 Å². The monoisotopic (exact) mass is 568 g/mol. The van der Waals surface area contributed by atoms with Crippen molar-refractivity contribution < 1.29 is 14.6 Å². The molecule has 3 aromatic heterocycles. The first kappa shape index (κ1) is 29.9. The van der Waals surface area contributed by atoms with Crippen LogP contribution in [-0.2, 0) is 9.47 Å². The van der Waals surface area contributed by atoms with Crippen LogP contribution >= 0.6 is 0 Å². The van der Waals surface area contributed by atoms with Crippen LogP contribution in [0.25, 0.3) is 33.8 Å². The Hall–Kier alpha value is -3.55. The minimum atomic E-state index is -0.127. The fourth-order valence-corrected chi connectivity index (χ4v) is 6.35. The number of aromatic nitrogens is 4. The van der Waals surface area contributed by atoms with Gasteiger partial charge in [-0.3, -0.25) is 4.98 Å². The number of hydrogen-bond donors (Lipinski definition) is 1. The van der Waals surface area contributed by atoms with Crippen molar-refractivity contribution in [1.29, 1.82) is 0 Å². The number of aliphatic hydroxyl groups excluding tert-OH is 1. The van der Waals surface area contributed by atoms with E-state index in [2.05, 4.69) is 44.7 Å². The smallest absolute Gasteiger partial charge is 0.163 e. The van der Waals surface area contributed by atoms with E-state index >= 15 is 0 Å². The highest BCUT2D eigenvalue weighted by atomic mass is 16.5. The largest absolute Gasteiger partial charge is 0.494 e. The van der Waals surface area contributed by atoms with Crippen LogP contribution in [0.3, 0.4) is 0 Å². The van der Waals surface area contributed by atoms with Gasteiger partial charge in [-0.2, -0.15) is 5.10 Å². The van der Waals surface area contributed by atoms with Crippen molar-refractivity contribution in [2.45, 2.75) is 84.3 Å². The molecule has 1 unspecified atom stereocenters. The molecule has 5 rings (SSSR count). The Morgan fingerprint density at radius 1 is 1.00 bits per heavy atom. The van der Waals surface area contributed by atoms with Crippen LogP contribution in [0.5, 0.6) is 0 Å². The summed E-state index contributed by atoms with van der Waals surface area (Å²) in [5.41, 5.74) is 7.86. The van der Waals surface area contributed by atoms with E-state index in [4.69, 9.17) is 24.5 Å². The first-order valence-electron chi connectivity index (χ1n) is 15.3. The molecule has 0 spiro atoms. The fraction of sp³-hybridized carbons (Fsp3) is 0.457. The maximum Gasteiger partial charge on any atom is 0.163 e. The van der Waals surface area contributed by atoms with E-state index in [1.54, 1.807) is 0 Å². The molecule has 1 fully saturated rings. The zero-order valence-corrected chi connectivity index (χ0v) is 25.6. The maximum atomic E-state index is 10.0. The summed E-state index contributed by atoms with van der Waals surface area (Å²) in [5.74, 6) is 1.40. The number of hydrogen-bond acceptors (Lipinski definition) is 6. The van der Waals surface area contributed by atoms with Crippen molar-refractivity contribution in [3.8, 4) is 22.4 Å². The Morgan fingerprint density at radius 2 is 1.74 bits per heavy atom. The summed E-state index contributed by atoms with van der Waals surface area (Å²) in [6.45, 7) is 15.3. The zero-order chi connectivity index (χ0) is 29.8. The second-order valence-corrected chi connectivity index (χ2v) is 11.9. The van der Waals surface area contributed by atoms with Crippen LogP contribution in [0, 0.1) is 5.92 Å². The molecule has 1 atom stereocenters. The Kier molecular flexibility index (Phi) is 9.39. The number of nitrogens with zero attached hydrogens (tertiary/aromatic N) is 4. The topological polar surface area (TPSA) is 81.8 Å². The third-order valence-electron chi connectivity index (χ3n) is 8.31. The van der Waals surface area contributed by atoms with Gasteiger partial charge in [-0.1, -0.05) is 56.8 Å². The first-order chi connectivity index (χ1) is 20.3. The van der Waals surface area contributed by atoms with E-state index in [0.717, 1.165) is 70.7 Å². The fourth-order valence-electron chi connectivity index (χ4n) is 6.35. The average Bonchev–Trinajstić information content (AvgIpc) is 3.43. The lowest BCUT2D eigenvalue weighted by atomic mass is 9.76. The molecule has 0 bridgehead atoms. The number of fused-ring (bicyclic) bond motifs is 1. The van der Waals surface area contributed by atoms with Gasteiger partial charge in [0.25, 0.3) is 0 Å². The van der Waals surface area contributed by atoms with E-state index in [9.17, 15) is 5.11 Å². The minimum absolute atomic E-state index is 0.0535. The van der Waals surface area contributed by atoms with Crippen molar-refractivity contribution in [2.24, 2.45) is 5.92 Å². The summed E-state index contributed by atoms with van der Waals surface area (Å²) in [5, 5.41) is 14.9. The molecule has 0 amide bonds. The second-order valence-electron chi connectivity index (χ2n) is 11.9. The van der Waals surface area contributed by atoms with Gasteiger partial charge < -0.3 is 14.6 Å². The summed E-state index contributed by atoms with van der Waals surface area (Å²) in [6, 6.07) is 14.4. The van der Waals surface area contributed by atoms with Crippen LogP contribution in [0.15, 0.2) is 61.4 Å². The molecule has 222 valence electrons. The predicted molar refractivity (Wildman–Crippen MR) is 168 cm³/mol. The Bertz CT molecular complexity index is 1490. The van der Waals surface area contributed by atoms with Crippen LogP contribution in [0.4, 0.5) is 0 Å². The summed E-state index contributed by atoms with van der Waals surface area (Å²) >= 11 is 0. The van der Waals surface area contributed by atoms with Crippen LogP contribution in [0.2, 0.25) is 0 Å². The van der Waals surface area contributed by atoms with E-state index in [1.807, 2.05) is 55.9 Å². The van der Waals surface area contributed by atoms with E-state index in [1.165, 1.54) is 0 Å². The highest BCUT2D eigenvalue weighted by Gasteiger charge is 2.33. The first-order valence-corrected chi connectivity index (χ1v) is 15.3. The summed E-state index contributed by atoms with van der Waals surface area (Å²) < 4.78 is 14.1. The highest BCUT2D eigenvalue weighted by Crippen LogP contribution is 2.42. The number of pyridine rings is 1. The lowest BCUT2D eigenvalue weighted by molar-refractivity contribution is -0.0631. The quantitative estimate of drug-likeness (QED) is 0.187. The number of rotatable bonds is 11. The van der Waals surface area contributed by atoms with Crippen LogP contribution in [0.1, 0.15) is 89.1 Å². The van der Waals surface area contributed by atoms with Gasteiger partial charge in [-0.15, -0.1) is 0 Å². The number of ether oxygens (including phenoxy) is 2. The molecule has 1 N–H and O–H groups in total. The third-order valence-corrected chi connectivity index (χ3v) is 8.31. The predicted octanol–water partition coefficient (Wildman–Crippen LogP) is 7.65. The lowest BCUT2D eigenvalue weighted by Crippen LogP contribution is -2.33. The lowest BCUT2D eigenvalue weighted by Gasteiger charge is -2.34. The zero-order valence-electron chi connectivity index (χ0n) is 25.6. The highest BCUT2D eigenvalue weighted by molar-refractivity contribution is 5.79. The van der Waals surface area contributed by atoms with E-state index < -0.39 is 0 Å². The molecule has 4 aromatic rings. The van der Waals surface area contributed by atoms with Gasteiger partial charge in [-0.05, 0) is 64.4 Å². The van der Waals surface area contributed by atoms with Gasteiger partial charge in [0.2, 0.25) is 0 Å². The SMILES string of the molecule is C=C(OCC)c1c(C2CCC(C(CO)OC(C)C)CC2)nc2c(-c3ccc(-c4ccccc4)nc3)cnn2c1C(C)C. The van der Waals surface area contributed by atoms with Crippen molar-refractivity contribution in [2.75, 3.05) is 13.2 Å². The summed E-state index contributed by atoms with van der Waals surface area (Å²) in [4.78, 5) is 10.1. The van der Waals surface area contributed by atoms with Gasteiger partial charge in [-0.25, -0.2) is 9.50 Å². The third kappa shape index (κ3) is 6.13. The van der Waals surface area contributed by atoms with Gasteiger partial charge in [0.1, 0.15) is 5.76 Å². The molecular weight excluding hydrogens is 524 g/mol. The minimum Gasteiger partial charge on any atom is -0.494 e. The van der Waals surface area contributed by atoms with Crippen LogP contribution in [-0.4, -0.2) is 50.1 Å². The van der Waals surface area contributed by atoms with Crippen molar-refractivity contribution in [3.63, 3.8) is 0 Å². The average molecular weight is 569 g/mol. The van der Waals surface area contributed by atoms with Crippen molar-refractivity contribution in [3.05, 3.63) is 78.4 Å². The number of benzene rings is 1. The number of aliphatic hydroxyl groups is 1. The molecule has 1 aliphatic rings. The molecule has 42 heavy (non-hydrogen) atoms. The molecule has 3 heterocycles. The van der Waals surface area contributed by atoms with Gasteiger partial charge in [0, 0.05) is 28.8 Å². The Balaban J connectivity index is 1.56. The molecule has 1 aliphatic carbocycles. The molecular formula is C35H44N4O3. The molecule has 7 nitrogen and oxygen atoms in total. The Labute approximate surface area is 249 Å². The molecule has 1 saturated carbocycles. The van der Waals surface area contributed by atoms with E-state index in [0.29, 0.717) is 18.3 Å². The second kappa shape index (κ2) is 13.2. The van der Waals surface area contributed by atoms with Gasteiger partial charge in [0.05, 0.1) is 54.3 Å². The van der Waals surface area contributed by atoms with Crippen molar-refractivity contribution in [1.82, 2.24) is 19.6 Å². The molecule has 0 radical (unpaired) electrons. The summed E-state index contributed by atoms with van der Waals surface area (Å²) in [6.07, 6.45) is 7.66. The Morgan fingerprint density at radius 3 is 2.33 bits per heavy atom. The molecule has 7 heteroatoms. The molecule has 0 saturated heterocycles. The van der Waals surface area contributed by atoms with Gasteiger partial charge in [0.15, 0.2) is 5.65 Å². The molecule has 1 aromatic carbocycles. The van der Waals surface area contributed by atoms with E-state index in [-0.39, 0.29) is 30.7 Å². The summed E-state index contributed by atoms with van der Waals surface area (Å²) in [7, 11) is 0. The van der Waals surface area contributed by atoms with Gasteiger partial charge >= 0.3 is 0 Å². The maximum absolute atomic E-state index is 10.0. The normalized spacial score (nSPS) is 18.1.